The Labute approximate surface area is 160 Å². The van der Waals surface area contributed by atoms with Crippen molar-refractivity contribution in [2.45, 2.75) is 84.7 Å². The molecule has 3 atom stereocenters. The zero-order valence-electron chi connectivity index (χ0n) is 17.0. The number of hydrogen-bond donors (Lipinski definition) is 0. The first-order chi connectivity index (χ1) is 12.6. The second kappa shape index (κ2) is 9.06. The molecule has 0 aromatic heterocycles. The predicted molar refractivity (Wildman–Crippen MR) is 109 cm³/mol. The summed E-state index contributed by atoms with van der Waals surface area (Å²) in [5, 5.41) is 0. The molecule has 1 amide bonds. The van der Waals surface area contributed by atoms with Crippen LogP contribution in [-0.4, -0.2) is 16.8 Å². The highest BCUT2D eigenvalue weighted by Crippen LogP contribution is 2.38. The highest BCUT2D eigenvalue weighted by molar-refractivity contribution is 5.79. The molecule has 3 rings (SSSR count). The van der Waals surface area contributed by atoms with Gasteiger partial charge in [-0.15, -0.1) is 0 Å². The number of carbonyl (C=O) groups is 1. The number of hydrogen-bond acceptors (Lipinski definition) is 1. The van der Waals surface area contributed by atoms with E-state index in [9.17, 15) is 4.79 Å². The van der Waals surface area contributed by atoms with E-state index >= 15 is 0 Å². The van der Waals surface area contributed by atoms with E-state index in [1.165, 1.54) is 44.1 Å². The Kier molecular flexibility index (Phi) is 6.78. The molecule has 2 aliphatic carbocycles. The molecule has 144 valence electrons. The van der Waals surface area contributed by atoms with Crippen molar-refractivity contribution in [2.24, 2.45) is 23.7 Å². The van der Waals surface area contributed by atoms with Gasteiger partial charge in [-0.1, -0.05) is 76.8 Å². The number of benzene rings is 1. The van der Waals surface area contributed by atoms with Gasteiger partial charge in [0.2, 0.25) is 5.91 Å². The Bertz CT molecular complexity index is 561. The molecule has 0 bridgehead atoms. The molecule has 1 aromatic rings. The average Bonchev–Trinajstić information content (AvgIpc) is 2.67. The van der Waals surface area contributed by atoms with E-state index in [4.69, 9.17) is 0 Å². The van der Waals surface area contributed by atoms with Crippen molar-refractivity contribution in [2.75, 3.05) is 0 Å². The number of nitrogens with zero attached hydrogens (tertiary/aromatic N) is 1. The maximum atomic E-state index is 13.6. The zero-order valence-corrected chi connectivity index (χ0v) is 17.0. The van der Waals surface area contributed by atoms with E-state index in [1.807, 2.05) is 0 Å². The van der Waals surface area contributed by atoms with Gasteiger partial charge in [0.05, 0.1) is 0 Å². The van der Waals surface area contributed by atoms with Crippen molar-refractivity contribution in [1.29, 1.82) is 0 Å². The molecule has 2 heteroatoms. The molecule has 0 saturated heterocycles. The minimum absolute atomic E-state index is 0.262. The van der Waals surface area contributed by atoms with Gasteiger partial charge in [-0.2, -0.15) is 0 Å². The Morgan fingerprint density at radius 3 is 2.38 bits per heavy atom. The van der Waals surface area contributed by atoms with Crippen LogP contribution in [0.2, 0.25) is 0 Å². The Balaban J connectivity index is 1.86. The molecule has 1 aromatic carbocycles. The van der Waals surface area contributed by atoms with Crippen molar-refractivity contribution in [3.8, 4) is 0 Å². The van der Waals surface area contributed by atoms with Gasteiger partial charge in [0.1, 0.15) is 0 Å². The van der Waals surface area contributed by atoms with Gasteiger partial charge >= 0.3 is 0 Å². The van der Waals surface area contributed by atoms with Crippen molar-refractivity contribution in [3.63, 3.8) is 0 Å². The van der Waals surface area contributed by atoms with Crippen molar-refractivity contribution in [1.82, 2.24) is 4.90 Å². The molecule has 2 saturated carbocycles. The number of rotatable bonds is 5. The largest absolute Gasteiger partial charge is 0.335 e. The number of carbonyl (C=O) groups excluding carboxylic acids is 1. The molecule has 26 heavy (non-hydrogen) atoms. The van der Waals surface area contributed by atoms with E-state index in [0.29, 0.717) is 23.8 Å². The van der Waals surface area contributed by atoms with Gasteiger partial charge in [-0.05, 0) is 49.0 Å². The lowest BCUT2D eigenvalue weighted by atomic mass is 9.72. The van der Waals surface area contributed by atoms with Crippen LogP contribution < -0.4 is 0 Å². The maximum absolute atomic E-state index is 13.6. The normalized spacial score (nSPS) is 27.5. The summed E-state index contributed by atoms with van der Waals surface area (Å²) >= 11 is 0. The van der Waals surface area contributed by atoms with Crippen LogP contribution in [0.1, 0.15) is 77.7 Å². The van der Waals surface area contributed by atoms with Crippen LogP contribution in [0.4, 0.5) is 0 Å². The fourth-order valence-electron chi connectivity index (χ4n) is 5.23. The summed E-state index contributed by atoms with van der Waals surface area (Å²) in [6.45, 7) is 7.85. The molecule has 0 N–H and O–H groups in total. The Morgan fingerprint density at radius 1 is 1.04 bits per heavy atom. The molecular formula is C24H37NO. The predicted octanol–water partition coefficient (Wildman–Crippen LogP) is 6.06. The molecule has 0 aliphatic heterocycles. The lowest BCUT2D eigenvalue weighted by Crippen LogP contribution is -2.50. The molecule has 2 aliphatic rings. The summed E-state index contributed by atoms with van der Waals surface area (Å²) in [6, 6.07) is 11.0. The first-order valence-electron chi connectivity index (χ1n) is 10.9. The van der Waals surface area contributed by atoms with Gasteiger partial charge in [0.25, 0.3) is 0 Å². The molecule has 0 unspecified atom stereocenters. The van der Waals surface area contributed by atoms with E-state index in [1.54, 1.807) is 0 Å². The third-order valence-electron chi connectivity index (χ3n) is 6.82. The third kappa shape index (κ3) is 4.69. The second-order valence-electron chi connectivity index (χ2n) is 9.18. The summed E-state index contributed by atoms with van der Waals surface area (Å²) in [6.07, 6.45) is 9.71. The van der Waals surface area contributed by atoms with Crippen LogP contribution >= 0.6 is 0 Å². The Hall–Kier alpha value is -1.31. The minimum Gasteiger partial charge on any atom is -0.335 e. The Morgan fingerprint density at radius 2 is 1.73 bits per heavy atom. The van der Waals surface area contributed by atoms with Crippen LogP contribution in [0.5, 0.6) is 0 Å². The highest BCUT2D eigenvalue weighted by Gasteiger charge is 2.38. The molecular weight excluding hydrogens is 318 g/mol. The standard InChI is InChI=1S/C24H37NO/c1-18(2)22-15-14-19(3)16-23(22)25(17-20-10-6-4-7-11-20)24(26)21-12-8-5-9-13-21/h4,6-7,10-11,18-19,21-23H,5,8-9,12-17H2,1-3H3/t19-,22+,23+/m0/s1. The smallest absolute Gasteiger partial charge is 0.226 e. The lowest BCUT2D eigenvalue weighted by molar-refractivity contribution is -0.143. The SMILES string of the molecule is CC(C)[C@H]1CC[C@H](C)C[C@H]1N(Cc1ccccc1)C(=O)C1CCCCC1. The lowest BCUT2D eigenvalue weighted by Gasteiger charge is -2.45. The fourth-order valence-corrected chi connectivity index (χ4v) is 5.23. The van der Waals surface area contributed by atoms with Gasteiger partial charge in [-0.3, -0.25) is 4.79 Å². The van der Waals surface area contributed by atoms with Crippen molar-refractivity contribution >= 4 is 5.91 Å². The second-order valence-corrected chi connectivity index (χ2v) is 9.18. The summed E-state index contributed by atoms with van der Waals surface area (Å²) in [5.74, 6) is 2.72. The van der Waals surface area contributed by atoms with Crippen molar-refractivity contribution < 1.29 is 4.79 Å². The third-order valence-corrected chi connectivity index (χ3v) is 6.82. The summed E-state index contributed by atoms with van der Waals surface area (Å²) < 4.78 is 0. The zero-order chi connectivity index (χ0) is 18.5. The minimum atomic E-state index is 0.262. The average molecular weight is 356 g/mol. The van der Waals surface area contributed by atoms with Crippen LogP contribution in [0.3, 0.4) is 0 Å². The van der Waals surface area contributed by atoms with E-state index in [0.717, 1.165) is 25.3 Å². The molecule has 0 radical (unpaired) electrons. The maximum Gasteiger partial charge on any atom is 0.226 e. The topological polar surface area (TPSA) is 20.3 Å². The quantitative estimate of drug-likeness (QED) is 0.629. The first kappa shape index (κ1) is 19.5. The van der Waals surface area contributed by atoms with Crippen LogP contribution in [0.15, 0.2) is 30.3 Å². The fraction of sp³-hybridized carbons (Fsp3) is 0.708. The molecule has 0 spiro atoms. The van der Waals surface area contributed by atoms with Crippen LogP contribution in [0, 0.1) is 23.7 Å². The summed E-state index contributed by atoms with van der Waals surface area (Å²) in [5.41, 5.74) is 1.28. The summed E-state index contributed by atoms with van der Waals surface area (Å²) in [4.78, 5) is 15.9. The van der Waals surface area contributed by atoms with E-state index < -0.39 is 0 Å². The first-order valence-corrected chi connectivity index (χ1v) is 10.9. The summed E-state index contributed by atoms with van der Waals surface area (Å²) in [7, 11) is 0. The number of amides is 1. The van der Waals surface area contributed by atoms with Crippen LogP contribution in [-0.2, 0) is 11.3 Å². The van der Waals surface area contributed by atoms with Gasteiger partial charge < -0.3 is 4.90 Å². The molecule has 0 heterocycles. The van der Waals surface area contributed by atoms with Crippen LogP contribution in [0.25, 0.3) is 0 Å². The monoisotopic (exact) mass is 355 g/mol. The van der Waals surface area contributed by atoms with Gasteiger partial charge in [0, 0.05) is 18.5 Å². The van der Waals surface area contributed by atoms with E-state index in [2.05, 4.69) is 56.0 Å². The van der Waals surface area contributed by atoms with Gasteiger partial charge in [0.15, 0.2) is 0 Å². The van der Waals surface area contributed by atoms with E-state index in [-0.39, 0.29) is 5.92 Å². The molecule has 2 fully saturated rings. The van der Waals surface area contributed by atoms with Gasteiger partial charge in [-0.25, -0.2) is 0 Å². The van der Waals surface area contributed by atoms with Crippen molar-refractivity contribution in [3.05, 3.63) is 35.9 Å². The molecule has 2 nitrogen and oxygen atoms in total. The highest BCUT2D eigenvalue weighted by atomic mass is 16.2.